The van der Waals surface area contributed by atoms with Gasteiger partial charge in [0, 0.05) is 19.6 Å². The molecule has 1 aromatic carbocycles. The lowest BCUT2D eigenvalue weighted by atomic mass is 10.1. The number of likely N-dealkylation sites (N-methyl/N-ethyl adjacent to an activating group) is 1. The second-order valence-corrected chi connectivity index (χ2v) is 6.84. The molecule has 1 atom stereocenters. The Kier molecular flexibility index (Phi) is 6.39. The topological polar surface area (TPSA) is 77.5 Å². The lowest BCUT2D eigenvalue weighted by molar-refractivity contribution is -0.153. The van der Waals surface area contributed by atoms with Gasteiger partial charge in [0.15, 0.2) is 11.5 Å². The number of esters is 1. The number of carbonyl (C=O) groups is 2. The molecule has 8 nitrogen and oxygen atoms in total. The number of fused-ring (bicyclic) bond motifs is 1. The van der Waals surface area contributed by atoms with Crippen molar-refractivity contribution in [1.29, 1.82) is 0 Å². The van der Waals surface area contributed by atoms with Crippen LogP contribution in [-0.2, 0) is 20.7 Å². The van der Waals surface area contributed by atoms with Crippen molar-refractivity contribution in [3.05, 3.63) is 23.8 Å². The van der Waals surface area contributed by atoms with Crippen LogP contribution in [0.1, 0.15) is 25.3 Å². The van der Waals surface area contributed by atoms with Gasteiger partial charge in [-0.15, -0.1) is 0 Å². The molecule has 0 N–H and O–H groups in total. The van der Waals surface area contributed by atoms with Crippen molar-refractivity contribution >= 4 is 12.1 Å². The van der Waals surface area contributed by atoms with Crippen molar-refractivity contribution in [2.75, 3.05) is 40.3 Å². The number of hydrogen-bond donors (Lipinski definition) is 0. The zero-order chi connectivity index (χ0) is 19.2. The summed E-state index contributed by atoms with van der Waals surface area (Å²) in [4.78, 5) is 27.4. The van der Waals surface area contributed by atoms with E-state index in [0.29, 0.717) is 19.4 Å². The van der Waals surface area contributed by atoms with E-state index < -0.39 is 6.09 Å². The van der Waals surface area contributed by atoms with Gasteiger partial charge >= 0.3 is 12.1 Å². The monoisotopic (exact) mass is 378 g/mol. The van der Waals surface area contributed by atoms with E-state index in [1.807, 2.05) is 25.1 Å². The molecule has 0 saturated carbocycles. The van der Waals surface area contributed by atoms with Crippen molar-refractivity contribution in [3.8, 4) is 11.5 Å². The second kappa shape index (κ2) is 8.94. The standard InChI is InChI=1S/C19H26N2O6/c1-14(10-15-4-5-16-17(11-15)25-12-24-16)20(2)19(23)27-13-26-18(22)6-9-21-7-3-8-21/h4-5,11,14H,3,6-10,12-13H2,1-2H3. The third-order valence-electron chi connectivity index (χ3n) is 4.90. The molecule has 0 aromatic heterocycles. The third kappa shape index (κ3) is 5.26. The molecule has 0 radical (unpaired) electrons. The largest absolute Gasteiger partial charge is 0.454 e. The van der Waals surface area contributed by atoms with Crippen LogP contribution >= 0.6 is 0 Å². The second-order valence-electron chi connectivity index (χ2n) is 6.84. The van der Waals surface area contributed by atoms with E-state index in [2.05, 4.69) is 4.90 Å². The average molecular weight is 378 g/mol. The van der Waals surface area contributed by atoms with Crippen LogP contribution in [0.15, 0.2) is 18.2 Å². The molecule has 0 spiro atoms. The molecule has 0 aliphatic carbocycles. The Bertz CT molecular complexity index is 676. The number of benzene rings is 1. The van der Waals surface area contributed by atoms with Crippen molar-refractivity contribution in [2.45, 2.75) is 32.2 Å². The lowest BCUT2D eigenvalue weighted by Crippen LogP contribution is -2.39. The Hall–Kier alpha value is -2.48. The van der Waals surface area contributed by atoms with Crippen LogP contribution in [0.4, 0.5) is 4.79 Å². The number of nitrogens with zero attached hydrogens (tertiary/aromatic N) is 2. The van der Waals surface area contributed by atoms with Crippen molar-refractivity contribution in [2.24, 2.45) is 0 Å². The molecule has 1 saturated heterocycles. The van der Waals surface area contributed by atoms with Crippen LogP contribution in [0, 0.1) is 0 Å². The summed E-state index contributed by atoms with van der Waals surface area (Å²) < 4.78 is 20.7. The Morgan fingerprint density at radius 3 is 2.74 bits per heavy atom. The predicted molar refractivity (Wildman–Crippen MR) is 96.6 cm³/mol. The normalized spacial score (nSPS) is 16.4. The highest BCUT2D eigenvalue weighted by Gasteiger charge is 2.20. The van der Waals surface area contributed by atoms with E-state index in [1.54, 1.807) is 7.05 Å². The van der Waals surface area contributed by atoms with Crippen molar-refractivity contribution < 1.29 is 28.5 Å². The summed E-state index contributed by atoms with van der Waals surface area (Å²) in [6.07, 6.45) is 1.61. The fourth-order valence-corrected chi connectivity index (χ4v) is 2.90. The van der Waals surface area contributed by atoms with Gasteiger partial charge in [-0.05, 0) is 50.6 Å². The van der Waals surface area contributed by atoms with Gasteiger partial charge in [0.25, 0.3) is 0 Å². The number of rotatable bonds is 8. The zero-order valence-corrected chi connectivity index (χ0v) is 15.8. The Balaban J connectivity index is 1.36. The van der Waals surface area contributed by atoms with Crippen molar-refractivity contribution in [1.82, 2.24) is 9.80 Å². The minimum Gasteiger partial charge on any atom is -0.454 e. The van der Waals surface area contributed by atoms with Gasteiger partial charge in [-0.2, -0.15) is 0 Å². The fourth-order valence-electron chi connectivity index (χ4n) is 2.90. The van der Waals surface area contributed by atoms with E-state index >= 15 is 0 Å². The van der Waals surface area contributed by atoms with Crippen LogP contribution in [0.2, 0.25) is 0 Å². The highest BCUT2D eigenvalue weighted by Crippen LogP contribution is 2.32. The highest BCUT2D eigenvalue weighted by atomic mass is 16.7. The molecule has 1 fully saturated rings. The fraction of sp³-hybridized carbons (Fsp3) is 0.579. The number of amides is 1. The maximum atomic E-state index is 12.1. The van der Waals surface area contributed by atoms with Crippen molar-refractivity contribution in [3.63, 3.8) is 0 Å². The maximum absolute atomic E-state index is 12.1. The molecular weight excluding hydrogens is 352 g/mol. The van der Waals surface area contributed by atoms with Crippen LogP contribution in [0.5, 0.6) is 11.5 Å². The molecule has 1 aromatic rings. The summed E-state index contributed by atoms with van der Waals surface area (Å²) in [5.74, 6) is 1.09. The van der Waals surface area contributed by atoms with Gasteiger partial charge in [-0.1, -0.05) is 6.07 Å². The zero-order valence-electron chi connectivity index (χ0n) is 15.8. The number of hydrogen-bond acceptors (Lipinski definition) is 7. The molecule has 8 heteroatoms. The first-order valence-electron chi connectivity index (χ1n) is 9.19. The Morgan fingerprint density at radius 1 is 1.22 bits per heavy atom. The van der Waals surface area contributed by atoms with E-state index in [-0.39, 0.29) is 25.6 Å². The van der Waals surface area contributed by atoms with Gasteiger partial charge in [0.1, 0.15) is 0 Å². The van der Waals surface area contributed by atoms with Gasteiger partial charge < -0.3 is 28.7 Å². The molecular formula is C19H26N2O6. The quantitative estimate of drug-likeness (QED) is 0.506. The van der Waals surface area contributed by atoms with Crippen LogP contribution in [-0.4, -0.2) is 68.2 Å². The van der Waals surface area contributed by atoms with Gasteiger partial charge in [-0.3, -0.25) is 4.79 Å². The summed E-state index contributed by atoms with van der Waals surface area (Å²) in [6.45, 7) is 4.56. The minimum atomic E-state index is -0.529. The predicted octanol–water partition coefficient (Wildman–Crippen LogP) is 2.01. The number of carbonyl (C=O) groups excluding carboxylic acids is 2. The minimum absolute atomic E-state index is 0.0972. The highest BCUT2D eigenvalue weighted by molar-refractivity contribution is 5.70. The van der Waals surface area contributed by atoms with E-state index in [9.17, 15) is 9.59 Å². The van der Waals surface area contributed by atoms with Crippen LogP contribution in [0.3, 0.4) is 0 Å². The summed E-state index contributed by atoms with van der Waals surface area (Å²) in [7, 11) is 1.66. The van der Waals surface area contributed by atoms with Gasteiger partial charge in [0.2, 0.25) is 13.6 Å². The summed E-state index contributed by atoms with van der Waals surface area (Å²) in [5.41, 5.74) is 1.03. The average Bonchev–Trinajstić information content (AvgIpc) is 3.07. The summed E-state index contributed by atoms with van der Waals surface area (Å²) in [5, 5.41) is 0. The molecule has 1 unspecified atom stereocenters. The number of ether oxygens (including phenoxy) is 4. The molecule has 27 heavy (non-hydrogen) atoms. The van der Waals surface area contributed by atoms with Crippen LogP contribution < -0.4 is 9.47 Å². The van der Waals surface area contributed by atoms with E-state index in [0.717, 1.165) is 30.2 Å². The molecule has 2 aliphatic rings. The molecule has 2 aliphatic heterocycles. The van der Waals surface area contributed by atoms with Crippen LogP contribution in [0.25, 0.3) is 0 Å². The molecule has 3 rings (SSSR count). The van der Waals surface area contributed by atoms with E-state index in [1.165, 1.54) is 11.3 Å². The maximum Gasteiger partial charge on any atom is 0.412 e. The third-order valence-corrected chi connectivity index (χ3v) is 4.90. The first kappa shape index (κ1) is 19.3. The SMILES string of the molecule is CC(Cc1ccc2c(c1)OCO2)N(C)C(=O)OCOC(=O)CCN1CCC1. The van der Waals surface area contributed by atoms with Gasteiger partial charge in [-0.25, -0.2) is 4.79 Å². The molecule has 2 heterocycles. The molecule has 1 amide bonds. The lowest BCUT2D eigenvalue weighted by Gasteiger charge is -2.30. The smallest absolute Gasteiger partial charge is 0.412 e. The van der Waals surface area contributed by atoms with E-state index in [4.69, 9.17) is 18.9 Å². The Labute approximate surface area is 158 Å². The molecule has 148 valence electrons. The number of likely N-dealkylation sites (tertiary alicyclic amines) is 1. The first-order chi connectivity index (χ1) is 13.0. The first-order valence-corrected chi connectivity index (χ1v) is 9.19. The van der Waals surface area contributed by atoms with Gasteiger partial charge in [0.05, 0.1) is 6.42 Å². The summed E-state index contributed by atoms with van der Waals surface area (Å²) >= 11 is 0. The molecule has 0 bridgehead atoms. The summed E-state index contributed by atoms with van der Waals surface area (Å²) in [6, 6.07) is 5.63. The Morgan fingerprint density at radius 2 is 2.00 bits per heavy atom.